The molecule has 12 heteroatoms. The number of nitrogens with zero attached hydrogens (tertiary/aromatic N) is 7. The van der Waals surface area contributed by atoms with E-state index in [1.807, 2.05) is 24.7 Å². The van der Waals surface area contributed by atoms with Gasteiger partial charge in [-0.1, -0.05) is 11.3 Å². The van der Waals surface area contributed by atoms with Crippen LogP contribution in [0.1, 0.15) is 38.5 Å². The molecule has 3 saturated heterocycles. The fourth-order valence-corrected chi connectivity index (χ4v) is 6.96. The SMILES string of the molecule is c1cc(-c2cnc(Nc3ncc(N4CCN(C5CCOCC5)CC4)cn3)s2)nc(OC2CCC3(CC2)COC3)n1. The highest BCUT2D eigenvalue weighted by Crippen LogP contribution is 2.43. The van der Waals surface area contributed by atoms with Crippen LogP contribution in [-0.2, 0) is 9.47 Å². The molecular formula is C28H36N8O3S. The summed E-state index contributed by atoms with van der Waals surface area (Å²) in [6.45, 7) is 7.70. The number of ether oxygens (including phenoxy) is 3. The minimum atomic E-state index is 0.163. The second-order valence-electron chi connectivity index (χ2n) is 11.3. The second kappa shape index (κ2) is 11.5. The van der Waals surface area contributed by atoms with Crippen LogP contribution in [0.25, 0.3) is 10.6 Å². The van der Waals surface area contributed by atoms with Crippen LogP contribution in [0.2, 0.25) is 0 Å². The van der Waals surface area contributed by atoms with Gasteiger partial charge in [-0.3, -0.25) is 4.90 Å². The highest BCUT2D eigenvalue weighted by atomic mass is 32.1. The molecule has 1 aliphatic carbocycles. The number of aromatic nitrogens is 5. The van der Waals surface area contributed by atoms with Gasteiger partial charge < -0.3 is 24.4 Å². The number of piperazine rings is 1. The van der Waals surface area contributed by atoms with Crippen LogP contribution in [0.4, 0.5) is 16.8 Å². The summed E-state index contributed by atoms with van der Waals surface area (Å²) in [5.74, 6) is 0.532. The largest absolute Gasteiger partial charge is 0.460 e. The molecule has 40 heavy (non-hydrogen) atoms. The van der Waals surface area contributed by atoms with Crippen LogP contribution in [0.15, 0.2) is 30.9 Å². The molecule has 1 N–H and O–H groups in total. The zero-order valence-corrected chi connectivity index (χ0v) is 23.5. The number of anilines is 3. The Bertz CT molecular complexity index is 1260. The van der Waals surface area contributed by atoms with Crippen molar-refractivity contribution in [1.29, 1.82) is 0 Å². The average molecular weight is 565 g/mol. The summed E-state index contributed by atoms with van der Waals surface area (Å²) in [4.78, 5) is 28.6. The van der Waals surface area contributed by atoms with Crippen molar-refractivity contribution >= 4 is 28.1 Å². The summed E-state index contributed by atoms with van der Waals surface area (Å²) < 4.78 is 17.1. The summed E-state index contributed by atoms with van der Waals surface area (Å²) in [5.41, 5.74) is 2.25. The third-order valence-corrected chi connectivity index (χ3v) is 9.65. The van der Waals surface area contributed by atoms with Crippen molar-refractivity contribution < 1.29 is 14.2 Å². The molecule has 0 atom stereocenters. The third-order valence-electron chi connectivity index (χ3n) is 8.72. The fraction of sp³-hybridized carbons (Fsp3) is 0.607. The second-order valence-corrected chi connectivity index (χ2v) is 12.4. The first-order valence-corrected chi connectivity index (χ1v) is 15.2. The van der Waals surface area contributed by atoms with Gasteiger partial charge in [0.15, 0.2) is 5.13 Å². The van der Waals surface area contributed by atoms with Crippen molar-refractivity contribution in [1.82, 2.24) is 29.8 Å². The molecule has 11 nitrogen and oxygen atoms in total. The summed E-state index contributed by atoms with van der Waals surface area (Å²) >= 11 is 1.51. The van der Waals surface area contributed by atoms with Crippen molar-refractivity contribution in [2.45, 2.75) is 50.7 Å². The van der Waals surface area contributed by atoms with E-state index >= 15 is 0 Å². The van der Waals surface area contributed by atoms with Crippen LogP contribution >= 0.6 is 11.3 Å². The quantitative estimate of drug-likeness (QED) is 0.453. The number of hydrogen-bond donors (Lipinski definition) is 1. The summed E-state index contributed by atoms with van der Waals surface area (Å²) in [5, 5.41) is 3.95. The van der Waals surface area contributed by atoms with Gasteiger partial charge in [-0.05, 0) is 44.6 Å². The van der Waals surface area contributed by atoms with E-state index in [0.717, 1.165) is 107 Å². The Morgan fingerprint density at radius 1 is 0.900 bits per heavy atom. The van der Waals surface area contributed by atoms with Gasteiger partial charge in [0.25, 0.3) is 0 Å². The van der Waals surface area contributed by atoms with E-state index in [-0.39, 0.29) is 6.10 Å². The molecule has 0 radical (unpaired) electrons. The van der Waals surface area contributed by atoms with E-state index in [4.69, 9.17) is 14.2 Å². The lowest BCUT2D eigenvalue weighted by atomic mass is 9.72. The standard InChI is InChI=1S/C28H36N8O3S/c1-6-28(18-38-19-28)7-2-22(1)39-26-29-8-3-23(33-26)24-17-32-27(40-24)34-25-30-15-21(16-31-25)36-11-9-35(10-12-36)20-4-13-37-14-5-20/h3,8,15-17,20,22H,1-2,4-7,9-14,18-19H2,(H,30,31,32,34). The maximum Gasteiger partial charge on any atom is 0.317 e. The lowest BCUT2D eigenvalue weighted by Crippen LogP contribution is -2.51. The van der Waals surface area contributed by atoms with E-state index in [1.54, 1.807) is 6.20 Å². The molecule has 4 aliphatic rings. The predicted octanol–water partition coefficient (Wildman–Crippen LogP) is 3.77. The number of rotatable bonds is 7. The first-order chi connectivity index (χ1) is 19.7. The molecule has 3 aliphatic heterocycles. The topological polar surface area (TPSA) is 111 Å². The Kier molecular flexibility index (Phi) is 7.48. The van der Waals surface area contributed by atoms with Crippen LogP contribution in [0, 0.1) is 5.41 Å². The smallest absolute Gasteiger partial charge is 0.317 e. The van der Waals surface area contributed by atoms with Crippen molar-refractivity contribution in [3.05, 3.63) is 30.9 Å². The molecule has 212 valence electrons. The summed E-state index contributed by atoms with van der Waals surface area (Å²) in [6, 6.07) is 2.98. The molecule has 3 aromatic rings. The van der Waals surface area contributed by atoms with E-state index < -0.39 is 0 Å². The number of thiazole rings is 1. The Labute approximate surface area is 238 Å². The van der Waals surface area contributed by atoms with Gasteiger partial charge in [0, 0.05) is 63.2 Å². The molecule has 0 aromatic carbocycles. The molecule has 4 fully saturated rings. The van der Waals surface area contributed by atoms with E-state index in [1.165, 1.54) is 11.3 Å². The van der Waals surface area contributed by atoms with Gasteiger partial charge in [0.05, 0.1) is 41.9 Å². The van der Waals surface area contributed by atoms with E-state index in [2.05, 4.69) is 40.0 Å². The normalized spacial score (nSPS) is 22.2. The average Bonchev–Trinajstić information content (AvgIpc) is 3.46. The van der Waals surface area contributed by atoms with Gasteiger partial charge in [-0.2, -0.15) is 4.98 Å². The fourth-order valence-electron chi connectivity index (χ4n) is 6.18. The minimum absolute atomic E-state index is 0.163. The Morgan fingerprint density at radius 2 is 1.68 bits per heavy atom. The molecule has 0 unspecified atom stereocenters. The predicted molar refractivity (Wildman–Crippen MR) is 152 cm³/mol. The van der Waals surface area contributed by atoms with E-state index in [9.17, 15) is 0 Å². The Morgan fingerprint density at radius 3 is 2.40 bits per heavy atom. The molecular weight excluding hydrogens is 528 g/mol. The molecule has 0 amide bonds. The van der Waals surface area contributed by atoms with Crippen molar-refractivity contribution in [3.63, 3.8) is 0 Å². The highest BCUT2D eigenvalue weighted by Gasteiger charge is 2.42. The van der Waals surface area contributed by atoms with Gasteiger partial charge >= 0.3 is 6.01 Å². The van der Waals surface area contributed by atoms with Gasteiger partial charge in [-0.25, -0.2) is 19.9 Å². The molecule has 0 bridgehead atoms. The highest BCUT2D eigenvalue weighted by molar-refractivity contribution is 7.18. The summed E-state index contributed by atoms with van der Waals surface area (Å²) in [6.07, 6.45) is 14.2. The van der Waals surface area contributed by atoms with Crippen LogP contribution in [0.3, 0.4) is 0 Å². The molecule has 3 aromatic heterocycles. The van der Waals surface area contributed by atoms with Crippen LogP contribution in [0.5, 0.6) is 6.01 Å². The lowest BCUT2D eigenvalue weighted by Gasteiger charge is -2.45. The lowest BCUT2D eigenvalue weighted by molar-refractivity contribution is -0.140. The van der Waals surface area contributed by atoms with Crippen molar-refractivity contribution in [2.75, 3.05) is 62.8 Å². The molecule has 1 saturated carbocycles. The molecule has 6 heterocycles. The summed E-state index contributed by atoms with van der Waals surface area (Å²) in [7, 11) is 0. The first-order valence-electron chi connectivity index (χ1n) is 14.4. The van der Waals surface area contributed by atoms with Crippen LogP contribution in [-0.4, -0.2) is 94.6 Å². The first kappa shape index (κ1) is 26.0. The zero-order valence-electron chi connectivity index (χ0n) is 22.7. The van der Waals surface area contributed by atoms with Crippen LogP contribution < -0.4 is 15.0 Å². The number of hydrogen-bond acceptors (Lipinski definition) is 12. The zero-order chi connectivity index (χ0) is 26.8. The monoisotopic (exact) mass is 564 g/mol. The van der Waals surface area contributed by atoms with Gasteiger partial charge in [0.2, 0.25) is 5.95 Å². The van der Waals surface area contributed by atoms with Gasteiger partial charge in [-0.15, -0.1) is 0 Å². The number of nitrogens with one attached hydrogen (secondary N) is 1. The third kappa shape index (κ3) is 5.76. The molecule has 7 rings (SSSR count). The van der Waals surface area contributed by atoms with Crippen molar-refractivity contribution in [2.24, 2.45) is 5.41 Å². The Hall–Kier alpha value is -2.93. The van der Waals surface area contributed by atoms with Gasteiger partial charge in [0.1, 0.15) is 6.10 Å². The molecule has 1 spiro atoms. The maximum atomic E-state index is 6.15. The minimum Gasteiger partial charge on any atom is -0.460 e. The van der Waals surface area contributed by atoms with Crippen molar-refractivity contribution in [3.8, 4) is 16.6 Å². The maximum absolute atomic E-state index is 6.15. The Balaban J connectivity index is 0.922. The van der Waals surface area contributed by atoms with E-state index in [0.29, 0.717) is 28.5 Å².